The largest absolute Gasteiger partial charge is 0.278 e. The Morgan fingerprint density at radius 1 is 0.347 bits per heavy atom. The summed E-state index contributed by atoms with van der Waals surface area (Å²) < 4.78 is 2.25. The van der Waals surface area contributed by atoms with Crippen LogP contribution in [0.25, 0.3) is 105 Å². The van der Waals surface area contributed by atoms with E-state index < -0.39 is 0 Å². The van der Waals surface area contributed by atoms with Crippen LogP contribution in [-0.4, -0.2) is 19.5 Å². The third-order valence-corrected chi connectivity index (χ3v) is 10.2. The highest BCUT2D eigenvalue weighted by Gasteiger charge is 2.28. The average Bonchev–Trinajstić information content (AvgIpc) is 3.45. The van der Waals surface area contributed by atoms with Gasteiger partial charge >= 0.3 is 0 Å². The standard InChI is InChI=1S/C45H26N4/c1-3-13-28(14-4-1)43-46-44(29-15-5-2-6-16-29)48-45(47-43)49-36-24-12-23-35-40-33-21-10-8-19-31(33)30-18-7-9-20-32(30)39(40)34-22-11-17-27-25-26-37(49)42(38(27)34)41(35)36/h1-26H. The number of nitrogens with zero attached hydrogens (tertiary/aromatic N) is 4. The number of rotatable bonds is 3. The number of hydrogen-bond acceptors (Lipinski definition) is 3. The van der Waals surface area contributed by atoms with E-state index in [9.17, 15) is 0 Å². The predicted octanol–water partition coefficient (Wildman–Crippen LogP) is 11.4. The van der Waals surface area contributed by atoms with Gasteiger partial charge in [0.1, 0.15) is 0 Å². The molecule has 0 bridgehead atoms. The molecule has 0 radical (unpaired) electrons. The summed E-state index contributed by atoms with van der Waals surface area (Å²) in [6.07, 6.45) is 0. The fourth-order valence-corrected chi connectivity index (χ4v) is 8.16. The monoisotopic (exact) mass is 622 g/mol. The minimum atomic E-state index is 0.603. The van der Waals surface area contributed by atoms with Crippen molar-refractivity contribution in [3.05, 3.63) is 158 Å². The van der Waals surface area contributed by atoms with Gasteiger partial charge in [0.05, 0.1) is 11.0 Å². The Bertz CT molecular complexity index is 2920. The lowest BCUT2D eigenvalue weighted by molar-refractivity contribution is 0.953. The van der Waals surface area contributed by atoms with Gasteiger partial charge in [-0.3, -0.25) is 4.57 Å². The Balaban J connectivity index is 1.34. The van der Waals surface area contributed by atoms with Crippen molar-refractivity contribution in [3.63, 3.8) is 0 Å². The van der Waals surface area contributed by atoms with Crippen LogP contribution in [0.3, 0.4) is 0 Å². The fourth-order valence-electron chi connectivity index (χ4n) is 8.16. The summed E-state index contributed by atoms with van der Waals surface area (Å²) in [6.45, 7) is 0. The quantitative estimate of drug-likeness (QED) is 0.184. The maximum atomic E-state index is 5.20. The van der Waals surface area contributed by atoms with Crippen LogP contribution >= 0.6 is 0 Å². The summed E-state index contributed by atoms with van der Waals surface area (Å²) >= 11 is 0. The van der Waals surface area contributed by atoms with E-state index in [2.05, 4.69) is 126 Å². The van der Waals surface area contributed by atoms with Gasteiger partial charge < -0.3 is 0 Å². The molecule has 2 aromatic heterocycles. The molecule has 1 aliphatic carbocycles. The number of hydrogen-bond donors (Lipinski definition) is 0. The number of benzene rings is 8. The van der Waals surface area contributed by atoms with Gasteiger partial charge in [-0.15, -0.1) is 0 Å². The summed E-state index contributed by atoms with van der Waals surface area (Å²) in [4.78, 5) is 15.4. The molecule has 4 nitrogen and oxygen atoms in total. The summed E-state index contributed by atoms with van der Waals surface area (Å²) in [6, 6.07) is 56.1. The van der Waals surface area contributed by atoms with Crippen LogP contribution in [0.15, 0.2) is 158 Å². The molecular formula is C45H26N4. The van der Waals surface area contributed by atoms with Crippen molar-refractivity contribution in [1.82, 2.24) is 19.5 Å². The molecule has 226 valence electrons. The van der Waals surface area contributed by atoms with Crippen LogP contribution in [0.1, 0.15) is 0 Å². The zero-order chi connectivity index (χ0) is 32.1. The maximum Gasteiger partial charge on any atom is 0.238 e. The molecule has 4 heteroatoms. The van der Waals surface area contributed by atoms with E-state index in [4.69, 9.17) is 15.0 Å². The van der Waals surface area contributed by atoms with E-state index in [0.717, 1.165) is 22.2 Å². The molecule has 0 N–H and O–H groups in total. The van der Waals surface area contributed by atoms with Gasteiger partial charge in [-0.1, -0.05) is 146 Å². The molecule has 1 aliphatic rings. The zero-order valence-corrected chi connectivity index (χ0v) is 26.3. The Morgan fingerprint density at radius 3 is 1.47 bits per heavy atom. The molecule has 0 amide bonds. The third-order valence-electron chi connectivity index (χ3n) is 10.2. The summed E-state index contributed by atoms with van der Waals surface area (Å²) in [7, 11) is 0. The molecule has 49 heavy (non-hydrogen) atoms. The van der Waals surface area contributed by atoms with Crippen LogP contribution in [0.4, 0.5) is 0 Å². The van der Waals surface area contributed by atoms with E-state index in [1.54, 1.807) is 0 Å². The first-order valence-electron chi connectivity index (χ1n) is 16.6. The maximum absolute atomic E-state index is 5.20. The van der Waals surface area contributed by atoms with Crippen LogP contribution in [0, 0.1) is 0 Å². The lowest BCUT2D eigenvalue weighted by Gasteiger charge is -2.19. The molecule has 0 fully saturated rings. The average molecular weight is 623 g/mol. The van der Waals surface area contributed by atoms with Crippen molar-refractivity contribution in [2.75, 3.05) is 0 Å². The van der Waals surface area contributed by atoms with Gasteiger partial charge in [-0.2, -0.15) is 9.97 Å². The van der Waals surface area contributed by atoms with Crippen molar-refractivity contribution >= 4 is 54.1 Å². The topological polar surface area (TPSA) is 43.6 Å². The van der Waals surface area contributed by atoms with Gasteiger partial charge in [0.15, 0.2) is 11.6 Å². The first-order chi connectivity index (χ1) is 24.3. The van der Waals surface area contributed by atoms with Crippen molar-refractivity contribution in [1.29, 1.82) is 0 Å². The molecule has 0 saturated heterocycles. The van der Waals surface area contributed by atoms with Gasteiger partial charge in [0.25, 0.3) is 0 Å². The molecule has 10 aromatic rings. The number of aromatic nitrogens is 4. The molecule has 11 rings (SSSR count). The molecule has 0 aliphatic heterocycles. The lowest BCUT2D eigenvalue weighted by Crippen LogP contribution is -2.06. The normalized spacial score (nSPS) is 12.1. The van der Waals surface area contributed by atoms with E-state index >= 15 is 0 Å². The highest BCUT2D eigenvalue weighted by atomic mass is 15.2. The minimum Gasteiger partial charge on any atom is -0.278 e. The van der Waals surface area contributed by atoms with Gasteiger partial charge in [-0.25, -0.2) is 4.98 Å². The van der Waals surface area contributed by atoms with E-state index in [0.29, 0.717) is 17.6 Å². The second kappa shape index (κ2) is 9.93. The molecule has 0 unspecified atom stereocenters. The molecular weight excluding hydrogens is 597 g/mol. The highest BCUT2D eigenvalue weighted by Crippen LogP contribution is 2.53. The second-order valence-electron chi connectivity index (χ2n) is 12.8. The molecule has 0 atom stereocenters. The minimum absolute atomic E-state index is 0.603. The Morgan fingerprint density at radius 2 is 0.857 bits per heavy atom. The van der Waals surface area contributed by atoms with Gasteiger partial charge in [-0.05, 0) is 66.7 Å². The fraction of sp³-hybridized carbons (Fsp3) is 0. The van der Waals surface area contributed by atoms with Crippen LogP contribution in [0.2, 0.25) is 0 Å². The SMILES string of the molecule is c1ccc(-c2nc(-c3ccccc3)nc(-n3c4cccc5c4c4c6c(cccc6ccc43)-c3c-5c4ccccc4c4ccccc34)n2)cc1. The second-order valence-corrected chi connectivity index (χ2v) is 12.8. The van der Waals surface area contributed by atoms with E-state index in [1.165, 1.54) is 65.3 Å². The Labute approximate surface area is 281 Å². The first-order valence-corrected chi connectivity index (χ1v) is 16.6. The van der Waals surface area contributed by atoms with Crippen LogP contribution in [-0.2, 0) is 0 Å². The van der Waals surface area contributed by atoms with Crippen LogP contribution < -0.4 is 0 Å². The first kappa shape index (κ1) is 26.4. The molecule has 0 saturated carbocycles. The lowest BCUT2D eigenvalue weighted by atomic mass is 9.84. The molecule has 8 aromatic carbocycles. The summed E-state index contributed by atoms with van der Waals surface area (Å²) in [5, 5.41) is 9.99. The van der Waals surface area contributed by atoms with E-state index in [1.807, 2.05) is 36.4 Å². The predicted molar refractivity (Wildman–Crippen MR) is 202 cm³/mol. The number of fused-ring (bicyclic) bond motifs is 8. The highest BCUT2D eigenvalue weighted by molar-refractivity contribution is 6.35. The van der Waals surface area contributed by atoms with Crippen molar-refractivity contribution in [2.45, 2.75) is 0 Å². The smallest absolute Gasteiger partial charge is 0.238 e. The molecule has 0 spiro atoms. The third kappa shape index (κ3) is 3.66. The van der Waals surface area contributed by atoms with Crippen molar-refractivity contribution < 1.29 is 0 Å². The zero-order valence-electron chi connectivity index (χ0n) is 26.3. The van der Waals surface area contributed by atoms with Crippen molar-refractivity contribution in [3.8, 4) is 51.0 Å². The summed E-state index contributed by atoms with van der Waals surface area (Å²) in [5.41, 5.74) is 9.09. The van der Waals surface area contributed by atoms with Gasteiger partial charge in [0.2, 0.25) is 5.95 Å². The Hall–Kier alpha value is -6.65. The van der Waals surface area contributed by atoms with E-state index in [-0.39, 0.29) is 0 Å². The Kier molecular flexibility index (Phi) is 5.35. The van der Waals surface area contributed by atoms with Crippen LogP contribution in [0.5, 0.6) is 0 Å². The van der Waals surface area contributed by atoms with Crippen molar-refractivity contribution in [2.24, 2.45) is 0 Å². The van der Waals surface area contributed by atoms with Gasteiger partial charge in [0, 0.05) is 21.9 Å². The molecule has 2 heterocycles. The summed E-state index contributed by atoms with van der Waals surface area (Å²) in [5.74, 6) is 1.89.